The van der Waals surface area contributed by atoms with Crippen LogP contribution in [0.25, 0.3) is 0 Å². The first-order chi connectivity index (χ1) is 13.3. The van der Waals surface area contributed by atoms with Gasteiger partial charge in [-0.2, -0.15) is 4.57 Å². The van der Waals surface area contributed by atoms with Crippen molar-refractivity contribution in [2.24, 2.45) is 10.3 Å². The number of rotatable bonds is 8. The fourth-order valence-corrected chi connectivity index (χ4v) is 2.85. The van der Waals surface area contributed by atoms with Crippen molar-refractivity contribution in [1.29, 1.82) is 0 Å². The largest absolute Gasteiger partial charge is 0.411 e. The summed E-state index contributed by atoms with van der Waals surface area (Å²) in [6.07, 6.45) is 10.1. The van der Waals surface area contributed by atoms with E-state index in [9.17, 15) is 0 Å². The van der Waals surface area contributed by atoms with E-state index in [1.54, 1.807) is 0 Å². The quantitative estimate of drug-likeness (QED) is 0.321. The molecule has 0 aliphatic carbocycles. The van der Waals surface area contributed by atoms with Gasteiger partial charge in [0.2, 0.25) is 0 Å². The minimum Gasteiger partial charge on any atom is -0.411 e. The van der Waals surface area contributed by atoms with E-state index in [0.29, 0.717) is 20.0 Å². The van der Waals surface area contributed by atoms with Crippen molar-refractivity contribution in [3.8, 4) is 0 Å². The van der Waals surface area contributed by atoms with Gasteiger partial charge in [-0.1, -0.05) is 40.6 Å². The highest BCUT2D eigenvalue weighted by molar-refractivity contribution is 5.77. The molecule has 0 spiro atoms. The SMILES string of the molecule is O/N=C\c1ccc[n+](COCN2C=CN(Cc3ccccc3)C2/C=N\O)c1. The van der Waals surface area contributed by atoms with E-state index < -0.39 is 0 Å². The van der Waals surface area contributed by atoms with Crippen LogP contribution in [0.2, 0.25) is 0 Å². The summed E-state index contributed by atoms with van der Waals surface area (Å²) in [6.45, 7) is 1.35. The topological polar surface area (TPSA) is 84.8 Å². The molecule has 1 aromatic heterocycles. The molecule has 0 saturated carbocycles. The molecule has 1 atom stereocenters. The first-order valence-corrected chi connectivity index (χ1v) is 8.46. The molecule has 3 rings (SSSR count). The minimum atomic E-state index is -0.229. The van der Waals surface area contributed by atoms with Gasteiger partial charge < -0.3 is 25.0 Å². The molecule has 8 nitrogen and oxygen atoms in total. The third-order valence-corrected chi connectivity index (χ3v) is 4.11. The summed E-state index contributed by atoms with van der Waals surface area (Å²) in [6, 6.07) is 13.8. The van der Waals surface area contributed by atoms with Crippen molar-refractivity contribution in [1.82, 2.24) is 9.80 Å². The number of aromatic nitrogens is 1. The number of nitrogens with zero attached hydrogens (tertiary/aromatic N) is 5. The van der Waals surface area contributed by atoms with Crippen LogP contribution in [0.15, 0.2) is 77.6 Å². The van der Waals surface area contributed by atoms with Crippen molar-refractivity contribution in [3.63, 3.8) is 0 Å². The van der Waals surface area contributed by atoms with Gasteiger partial charge in [0, 0.05) is 25.0 Å². The van der Waals surface area contributed by atoms with Crippen LogP contribution in [0.4, 0.5) is 0 Å². The predicted molar refractivity (Wildman–Crippen MR) is 99.0 cm³/mol. The molecule has 1 aliphatic heterocycles. The number of hydrogen-bond donors (Lipinski definition) is 2. The van der Waals surface area contributed by atoms with Gasteiger partial charge in [0.05, 0.1) is 18.0 Å². The molecule has 0 saturated heterocycles. The van der Waals surface area contributed by atoms with Gasteiger partial charge in [-0.3, -0.25) is 0 Å². The zero-order valence-corrected chi connectivity index (χ0v) is 14.7. The lowest BCUT2D eigenvalue weighted by molar-refractivity contribution is -0.733. The molecule has 27 heavy (non-hydrogen) atoms. The van der Waals surface area contributed by atoms with Crippen LogP contribution in [0.3, 0.4) is 0 Å². The van der Waals surface area contributed by atoms with Gasteiger partial charge in [0.15, 0.2) is 12.4 Å². The third-order valence-electron chi connectivity index (χ3n) is 4.11. The summed E-state index contributed by atoms with van der Waals surface area (Å²) in [7, 11) is 0. The van der Waals surface area contributed by atoms with Gasteiger partial charge >= 0.3 is 0 Å². The Morgan fingerprint density at radius 1 is 1.04 bits per heavy atom. The van der Waals surface area contributed by atoms with Crippen molar-refractivity contribution in [2.75, 3.05) is 6.73 Å². The maximum Gasteiger partial charge on any atom is 0.254 e. The Morgan fingerprint density at radius 2 is 1.85 bits per heavy atom. The fraction of sp³-hybridized carbons (Fsp3) is 0.211. The molecule has 8 heteroatoms. The smallest absolute Gasteiger partial charge is 0.254 e. The van der Waals surface area contributed by atoms with Gasteiger partial charge in [-0.25, -0.2) is 0 Å². The van der Waals surface area contributed by atoms with E-state index in [0.717, 1.165) is 5.56 Å². The first-order valence-electron chi connectivity index (χ1n) is 8.46. The molecular weight excluding hydrogens is 346 g/mol. The van der Waals surface area contributed by atoms with E-state index in [1.165, 1.54) is 18.0 Å². The molecule has 140 valence electrons. The molecule has 2 aromatic rings. The monoisotopic (exact) mass is 368 g/mol. The van der Waals surface area contributed by atoms with Gasteiger partial charge in [-0.05, 0) is 11.6 Å². The molecule has 0 fully saturated rings. The summed E-state index contributed by atoms with van der Waals surface area (Å²) in [5, 5.41) is 23.9. The maximum absolute atomic E-state index is 9.02. The lowest BCUT2D eigenvalue weighted by Crippen LogP contribution is -2.42. The van der Waals surface area contributed by atoms with Crippen LogP contribution in [-0.4, -0.2) is 45.5 Å². The van der Waals surface area contributed by atoms with Gasteiger partial charge in [-0.15, -0.1) is 0 Å². The Hall–Kier alpha value is -3.39. The third kappa shape index (κ3) is 5.05. The number of oxime groups is 2. The van der Waals surface area contributed by atoms with Crippen LogP contribution < -0.4 is 4.57 Å². The van der Waals surface area contributed by atoms with Gasteiger partial charge in [0.25, 0.3) is 6.73 Å². The molecule has 0 bridgehead atoms. The van der Waals surface area contributed by atoms with Crippen molar-refractivity contribution >= 4 is 12.4 Å². The van der Waals surface area contributed by atoms with Crippen LogP contribution >= 0.6 is 0 Å². The van der Waals surface area contributed by atoms with Crippen LogP contribution in [0.5, 0.6) is 0 Å². The van der Waals surface area contributed by atoms with Crippen molar-refractivity contribution in [3.05, 3.63) is 78.4 Å². The second-order valence-corrected chi connectivity index (χ2v) is 6.01. The van der Waals surface area contributed by atoms with Crippen LogP contribution in [0, 0.1) is 0 Å². The Labute approximate surface area is 157 Å². The number of pyridine rings is 1. The molecule has 1 unspecified atom stereocenters. The number of benzene rings is 1. The van der Waals surface area contributed by atoms with Crippen molar-refractivity contribution < 1.29 is 19.7 Å². The standard InChI is InChI=1S/C19H21N5O3/c25-20-11-18-7-4-8-22(13-18)15-27-16-24-10-9-23(19(24)12-21-26)14-17-5-2-1-3-6-17/h1-13,19H,14-16H2,(H-,25,26)/p+1/b20-11-,21-12-. The second kappa shape index (κ2) is 9.35. The zero-order valence-electron chi connectivity index (χ0n) is 14.7. The molecule has 0 amide bonds. The Bertz CT molecular complexity index is 810. The molecule has 2 N–H and O–H groups in total. The molecular formula is C19H22N5O3+. The summed E-state index contributed by atoms with van der Waals surface area (Å²) in [4.78, 5) is 3.99. The minimum absolute atomic E-state index is 0.229. The Kier molecular flexibility index (Phi) is 6.37. The summed E-state index contributed by atoms with van der Waals surface area (Å²) in [5.74, 6) is 0. The van der Waals surface area contributed by atoms with E-state index >= 15 is 0 Å². The molecule has 0 radical (unpaired) electrons. The number of ether oxygens (including phenoxy) is 1. The molecule has 1 aliphatic rings. The average Bonchev–Trinajstić information content (AvgIpc) is 3.05. The maximum atomic E-state index is 9.02. The summed E-state index contributed by atoms with van der Waals surface area (Å²) in [5.41, 5.74) is 1.93. The average molecular weight is 368 g/mol. The highest BCUT2D eigenvalue weighted by atomic mass is 16.5. The first kappa shape index (κ1) is 18.4. The highest BCUT2D eigenvalue weighted by Gasteiger charge is 2.25. The van der Waals surface area contributed by atoms with E-state index in [4.69, 9.17) is 15.2 Å². The molecule has 1 aromatic carbocycles. The van der Waals surface area contributed by atoms with Crippen LogP contribution in [0.1, 0.15) is 11.1 Å². The number of hydrogen-bond acceptors (Lipinski definition) is 7. The fourth-order valence-electron chi connectivity index (χ4n) is 2.85. The van der Waals surface area contributed by atoms with E-state index in [-0.39, 0.29) is 6.17 Å². The highest BCUT2D eigenvalue weighted by Crippen LogP contribution is 2.18. The van der Waals surface area contributed by atoms with E-state index in [2.05, 4.69) is 27.3 Å². The normalized spacial score (nSPS) is 16.8. The van der Waals surface area contributed by atoms with Gasteiger partial charge in [0.1, 0.15) is 12.9 Å². The lowest BCUT2D eigenvalue weighted by atomic mass is 10.2. The Morgan fingerprint density at radius 3 is 2.63 bits per heavy atom. The summed E-state index contributed by atoms with van der Waals surface area (Å²) < 4.78 is 7.61. The predicted octanol–water partition coefficient (Wildman–Crippen LogP) is 1.79. The second-order valence-electron chi connectivity index (χ2n) is 6.01. The molecule has 2 heterocycles. The van der Waals surface area contributed by atoms with E-state index in [1.807, 2.05) is 64.6 Å². The Balaban J connectivity index is 1.56. The summed E-state index contributed by atoms with van der Waals surface area (Å²) >= 11 is 0. The van der Waals surface area contributed by atoms with Crippen molar-refractivity contribution in [2.45, 2.75) is 19.4 Å². The zero-order chi connectivity index (χ0) is 18.9. The lowest BCUT2D eigenvalue weighted by Gasteiger charge is -2.29. The van der Waals surface area contributed by atoms with Crippen LogP contribution in [-0.2, 0) is 18.0 Å².